The summed E-state index contributed by atoms with van der Waals surface area (Å²) in [6.45, 7) is 2.27. The Kier molecular flexibility index (Phi) is 6.96. The fourth-order valence-corrected chi connectivity index (χ4v) is 3.35. The number of ketones is 2. The molecule has 4 N–H and O–H groups in total. The number of aromatic nitrogens is 3. The highest BCUT2D eigenvalue weighted by atomic mass is 16.5. The molecule has 10 nitrogen and oxygen atoms in total. The van der Waals surface area contributed by atoms with E-state index in [0.29, 0.717) is 37.2 Å². The second kappa shape index (κ2) is 9.64. The van der Waals surface area contributed by atoms with E-state index in [2.05, 4.69) is 15.6 Å². The first-order valence-electron chi connectivity index (χ1n) is 9.76. The monoisotopic (exact) mass is 413 g/mol. The average molecular weight is 413 g/mol. The first-order chi connectivity index (χ1) is 14.4. The van der Waals surface area contributed by atoms with Gasteiger partial charge in [0.2, 0.25) is 0 Å². The van der Waals surface area contributed by atoms with Crippen molar-refractivity contribution in [1.29, 1.82) is 0 Å². The third kappa shape index (κ3) is 5.11. The van der Waals surface area contributed by atoms with E-state index < -0.39 is 12.9 Å². The second-order valence-corrected chi connectivity index (χ2v) is 7.26. The third-order valence-corrected chi connectivity index (χ3v) is 4.87. The smallest absolute Gasteiger partial charge is 0.526 e. The number of fused-ring (bicyclic) bond motifs is 1. The van der Waals surface area contributed by atoms with Gasteiger partial charge in [-0.15, -0.1) is 5.10 Å². The number of carbonyl (C=O) groups is 3. The highest BCUT2D eigenvalue weighted by Crippen LogP contribution is 2.36. The maximum Gasteiger partial charge on any atom is 0.526 e. The molecule has 11 heteroatoms. The largest absolute Gasteiger partial charge is 0.535 e. The van der Waals surface area contributed by atoms with E-state index in [1.807, 2.05) is 6.07 Å². The molecule has 0 saturated heterocycles. The summed E-state index contributed by atoms with van der Waals surface area (Å²) in [5, 5.41) is 20.6. The van der Waals surface area contributed by atoms with E-state index in [4.69, 9.17) is 10.4 Å². The molecule has 2 heterocycles. The number of nitrogens with one attached hydrogen (secondary N) is 1. The van der Waals surface area contributed by atoms with Crippen molar-refractivity contribution in [1.82, 2.24) is 20.3 Å². The zero-order valence-corrected chi connectivity index (χ0v) is 16.7. The summed E-state index contributed by atoms with van der Waals surface area (Å²) < 4.78 is 6.85. The topological polar surface area (TPSA) is 149 Å². The van der Waals surface area contributed by atoms with Gasteiger partial charge >= 0.3 is 7.12 Å². The molecule has 0 fully saturated rings. The molecule has 1 aliphatic rings. The number of nitrogens with zero attached hydrogens (tertiary/aromatic N) is 3. The van der Waals surface area contributed by atoms with Crippen LogP contribution in [0.3, 0.4) is 0 Å². The Morgan fingerprint density at radius 1 is 1.40 bits per heavy atom. The molecule has 1 amide bonds. The van der Waals surface area contributed by atoms with Gasteiger partial charge in [-0.3, -0.25) is 14.4 Å². The number of Topliss-reactive ketones (excluding diaryl/α,β-unsaturated/α-hetero) is 2. The Balaban J connectivity index is 1.59. The zero-order valence-electron chi connectivity index (χ0n) is 16.7. The molecule has 0 spiro atoms. The summed E-state index contributed by atoms with van der Waals surface area (Å²) in [5.41, 5.74) is 6.69. The van der Waals surface area contributed by atoms with Gasteiger partial charge in [-0.2, -0.15) is 0 Å². The summed E-state index contributed by atoms with van der Waals surface area (Å²) in [6, 6.07) is 5.22. The Labute approximate surface area is 173 Å². The summed E-state index contributed by atoms with van der Waals surface area (Å²) >= 11 is 0. The van der Waals surface area contributed by atoms with Crippen LogP contribution in [0.2, 0.25) is 5.82 Å². The molecular weight excluding hydrogens is 389 g/mol. The first kappa shape index (κ1) is 21.7. The molecule has 0 radical (unpaired) electrons. The molecule has 30 heavy (non-hydrogen) atoms. The van der Waals surface area contributed by atoms with E-state index in [1.54, 1.807) is 12.1 Å². The van der Waals surface area contributed by atoms with Crippen LogP contribution in [0, 0.1) is 0 Å². The van der Waals surface area contributed by atoms with E-state index in [-0.39, 0.29) is 36.1 Å². The Morgan fingerprint density at radius 3 is 2.93 bits per heavy atom. The number of hydrogen-bond donors (Lipinski definition) is 3. The maximum absolute atomic E-state index is 12.5. The van der Waals surface area contributed by atoms with Crippen molar-refractivity contribution in [3.05, 3.63) is 41.2 Å². The molecule has 3 rings (SSSR count). The molecule has 1 aromatic heterocycles. The lowest BCUT2D eigenvalue weighted by Gasteiger charge is -2.28. The van der Waals surface area contributed by atoms with Gasteiger partial charge in [-0.05, 0) is 37.9 Å². The first-order valence-corrected chi connectivity index (χ1v) is 9.76. The van der Waals surface area contributed by atoms with Gasteiger partial charge in [-0.25, -0.2) is 4.68 Å². The van der Waals surface area contributed by atoms with Gasteiger partial charge < -0.3 is 20.7 Å². The van der Waals surface area contributed by atoms with Crippen molar-refractivity contribution >= 4 is 24.6 Å². The van der Waals surface area contributed by atoms with Gasteiger partial charge in [-0.1, -0.05) is 17.3 Å². The summed E-state index contributed by atoms with van der Waals surface area (Å²) in [7, 11) is -1.19. The lowest BCUT2D eigenvalue weighted by atomic mass is 9.64. The van der Waals surface area contributed by atoms with E-state index in [9.17, 15) is 19.4 Å². The minimum absolute atomic E-state index is 0.0583. The van der Waals surface area contributed by atoms with Crippen LogP contribution in [0.1, 0.15) is 46.2 Å². The van der Waals surface area contributed by atoms with Crippen LogP contribution < -0.4 is 15.7 Å². The molecule has 1 aromatic carbocycles. The van der Waals surface area contributed by atoms with E-state index >= 15 is 0 Å². The number of para-hydroxylation sites is 1. The van der Waals surface area contributed by atoms with Gasteiger partial charge in [0.25, 0.3) is 5.91 Å². The van der Waals surface area contributed by atoms with Crippen LogP contribution in [0.25, 0.3) is 0 Å². The van der Waals surface area contributed by atoms with Gasteiger partial charge in [0.15, 0.2) is 17.3 Å². The van der Waals surface area contributed by atoms with Gasteiger partial charge in [0.05, 0.1) is 11.8 Å². The number of benzene rings is 1. The highest BCUT2D eigenvalue weighted by molar-refractivity contribution is 6.47. The maximum atomic E-state index is 12.5. The zero-order chi connectivity index (χ0) is 21.7. The standard InChI is InChI=1S/C19H24BN5O5/c1-12(26)16-5-2-4-13-8-14(20(29)30-18(13)16)9-15(27)10-25-11-17(23-24-25)19(28)22-7-3-6-21/h2,4-5,11,14,29H,3,6-10,21H2,1H3,(H,22,28)/t14-/m1/s1. The fourth-order valence-electron chi connectivity index (χ4n) is 3.35. The predicted octanol–water partition coefficient (Wildman–Crippen LogP) is 0.00430. The summed E-state index contributed by atoms with van der Waals surface area (Å²) in [5.74, 6) is -0.787. The van der Waals surface area contributed by atoms with Crippen LogP contribution in [0.5, 0.6) is 5.75 Å². The molecule has 2 aromatic rings. The molecular formula is C19H24BN5O5. The van der Waals surface area contributed by atoms with Crippen molar-refractivity contribution in [3.8, 4) is 5.75 Å². The van der Waals surface area contributed by atoms with Crippen LogP contribution in [-0.2, 0) is 17.8 Å². The molecule has 158 valence electrons. The number of carbonyl (C=O) groups excluding carboxylic acids is 3. The molecule has 1 atom stereocenters. The Hall–Kier alpha value is -3.05. The van der Waals surface area contributed by atoms with Crippen molar-refractivity contribution in [2.75, 3.05) is 13.1 Å². The van der Waals surface area contributed by atoms with Crippen LogP contribution in [0.4, 0.5) is 0 Å². The van der Waals surface area contributed by atoms with Crippen molar-refractivity contribution in [2.45, 2.75) is 38.5 Å². The van der Waals surface area contributed by atoms with Gasteiger partial charge in [0.1, 0.15) is 12.3 Å². The van der Waals surface area contributed by atoms with E-state index in [1.165, 1.54) is 17.8 Å². The SMILES string of the molecule is CC(=O)c1cccc2c1OB(O)[C@@H](CC(=O)Cn1cc(C(=O)NCCCN)nn1)C2. The van der Waals surface area contributed by atoms with E-state index in [0.717, 1.165) is 5.56 Å². The average Bonchev–Trinajstić information content (AvgIpc) is 3.16. The molecule has 1 aliphatic heterocycles. The fraction of sp³-hybridized carbons (Fsp3) is 0.421. The number of rotatable bonds is 9. The highest BCUT2D eigenvalue weighted by Gasteiger charge is 2.37. The van der Waals surface area contributed by atoms with Crippen LogP contribution in [-0.4, -0.2) is 57.7 Å². The minimum Gasteiger partial charge on any atom is -0.535 e. The minimum atomic E-state index is -1.19. The molecule has 0 unspecified atom stereocenters. The van der Waals surface area contributed by atoms with Crippen LogP contribution >= 0.6 is 0 Å². The van der Waals surface area contributed by atoms with Crippen molar-refractivity contribution < 1.29 is 24.1 Å². The van der Waals surface area contributed by atoms with Gasteiger partial charge in [0, 0.05) is 18.8 Å². The quantitative estimate of drug-likeness (QED) is 0.296. The predicted molar refractivity (Wildman–Crippen MR) is 108 cm³/mol. The molecule has 0 bridgehead atoms. The van der Waals surface area contributed by atoms with Crippen molar-refractivity contribution in [2.24, 2.45) is 5.73 Å². The third-order valence-electron chi connectivity index (χ3n) is 4.87. The normalized spacial score (nSPS) is 15.3. The summed E-state index contributed by atoms with van der Waals surface area (Å²) in [6.07, 6.45) is 2.53. The summed E-state index contributed by atoms with van der Waals surface area (Å²) in [4.78, 5) is 36.2. The Bertz CT molecular complexity index is 947. The van der Waals surface area contributed by atoms with Crippen molar-refractivity contribution in [3.63, 3.8) is 0 Å². The lowest BCUT2D eigenvalue weighted by Crippen LogP contribution is -2.36. The number of amides is 1. The number of hydrogen-bond acceptors (Lipinski definition) is 8. The molecule has 0 aliphatic carbocycles. The second-order valence-electron chi connectivity index (χ2n) is 7.26. The van der Waals surface area contributed by atoms with Crippen LogP contribution in [0.15, 0.2) is 24.4 Å². The number of nitrogens with two attached hydrogens (primary N) is 1. The molecule has 0 saturated carbocycles. The lowest BCUT2D eigenvalue weighted by molar-refractivity contribution is -0.120. The Morgan fingerprint density at radius 2 is 2.20 bits per heavy atom.